The summed E-state index contributed by atoms with van der Waals surface area (Å²) in [4.78, 5) is 3.34. The average Bonchev–Trinajstić information content (AvgIpc) is 3.29. The van der Waals surface area contributed by atoms with Gasteiger partial charge in [0.05, 0.1) is 10.4 Å². The van der Waals surface area contributed by atoms with Gasteiger partial charge in [0, 0.05) is 17.5 Å². The first kappa shape index (κ1) is 17.3. The number of hydrogen-bond acceptors (Lipinski definition) is 3. The summed E-state index contributed by atoms with van der Waals surface area (Å²) >= 11 is 0. The first-order valence-electron chi connectivity index (χ1n) is 8.59. The summed E-state index contributed by atoms with van der Waals surface area (Å²) in [5, 5.41) is 3.96. The van der Waals surface area contributed by atoms with E-state index in [1.165, 1.54) is 0 Å². The zero-order valence-corrected chi connectivity index (χ0v) is 15.0. The molecule has 6 nitrogen and oxygen atoms in total. The second-order valence-electron chi connectivity index (χ2n) is 6.96. The summed E-state index contributed by atoms with van der Waals surface area (Å²) in [6, 6.07) is 6.89. The molecule has 4 unspecified atom stereocenters. The van der Waals surface area contributed by atoms with Crippen LogP contribution in [0, 0.1) is 12.8 Å². The summed E-state index contributed by atoms with van der Waals surface area (Å²) in [6.45, 7) is 4.49. The largest absolute Gasteiger partial charge is 0.243 e. The van der Waals surface area contributed by atoms with Crippen molar-refractivity contribution >= 4 is 10.0 Å². The Morgan fingerprint density at radius 3 is 2.71 bits per heavy atom. The molecule has 1 aromatic carbocycles. The van der Waals surface area contributed by atoms with Crippen molar-refractivity contribution in [2.24, 2.45) is 11.0 Å². The van der Waals surface area contributed by atoms with Crippen molar-refractivity contribution in [3.05, 3.63) is 40.3 Å². The molecule has 1 saturated carbocycles. The molecule has 130 valence electrons. The Hall–Kier alpha value is -1.56. The van der Waals surface area contributed by atoms with Crippen LogP contribution < -0.4 is 0 Å². The van der Waals surface area contributed by atoms with E-state index in [-0.39, 0.29) is 17.5 Å². The molecule has 0 N–H and O–H groups in total. The van der Waals surface area contributed by atoms with E-state index in [2.05, 4.69) is 10.0 Å². The lowest BCUT2D eigenvalue weighted by molar-refractivity contribution is 0.211. The van der Waals surface area contributed by atoms with Gasteiger partial charge >= 0.3 is 0 Å². The minimum atomic E-state index is -3.48. The lowest BCUT2D eigenvalue weighted by Gasteiger charge is -2.35. The standard InChI is InChI=1S/C17H24N4O2S/c1-3-16(19-20-18)15-6-4-5-11-17(15)12-21(17)24(22,23)14-9-7-13(2)8-10-14/h7-10,15-16H,3-6,11-12H2,1-2H3. The summed E-state index contributed by atoms with van der Waals surface area (Å²) in [6.07, 6.45) is 4.64. The molecule has 0 radical (unpaired) electrons. The monoisotopic (exact) mass is 348 g/mol. The van der Waals surface area contributed by atoms with Crippen LogP contribution >= 0.6 is 0 Å². The van der Waals surface area contributed by atoms with Gasteiger partial charge in [0.15, 0.2) is 0 Å². The Kier molecular flexibility index (Phi) is 4.60. The zero-order chi connectivity index (χ0) is 17.4. The van der Waals surface area contributed by atoms with E-state index in [0.29, 0.717) is 11.4 Å². The van der Waals surface area contributed by atoms with Crippen molar-refractivity contribution in [2.75, 3.05) is 6.54 Å². The van der Waals surface area contributed by atoms with Crippen molar-refractivity contribution < 1.29 is 8.42 Å². The predicted molar refractivity (Wildman–Crippen MR) is 93.0 cm³/mol. The Bertz CT molecular complexity index is 755. The lowest BCUT2D eigenvalue weighted by Crippen LogP contribution is -2.40. The quantitative estimate of drug-likeness (QED) is 0.348. The van der Waals surface area contributed by atoms with Gasteiger partial charge in [-0.25, -0.2) is 8.42 Å². The molecule has 24 heavy (non-hydrogen) atoms. The van der Waals surface area contributed by atoms with Crippen molar-refractivity contribution in [2.45, 2.75) is 62.4 Å². The van der Waals surface area contributed by atoms with E-state index in [4.69, 9.17) is 5.53 Å². The fourth-order valence-electron chi connectivity index (χ4n) is 4.19. The molecule has 4 atom stereocenters. The molecule has 2 aliphatic rings. The van der Waals surface area contributed by atoms with Crippen LogP contribution in [0.3, 0.4) is 0 Å². The van der Waals surface area contributed by atoms with Crippen LogP contribution in [0.5, 0.6) is 0 Å². The highest BCUT2D eigenvalue weighted by molar-refractivity contribution is 7.89. The van der Waals surface area contributed by atoms with E-state index >= 15 is 0 Å². The average molecular weight is 348 g/mol. The highest BCUT2D eigenvalue weighted by atomic mass is 32.2. The molecule has 0 amide bonds. The molecule has 1 heterocycles. The van der Waals surface area contributed by atoms with Crippen LogP contribution in [-0.4, -0.2) is 30.8 Å². The number of hydrogen-bond donors (Lipinski definition) is 0. The molecule has 0 aromatic heterocycles. The molecule has 1 aliphatic heterocycles. The Morgan fingerprint density at radius 1 is 1.38 bits per heavy atom. The lowest BCUT2D eigenvalue weighted by atomic mass is 9.74. The minimum Gasteiger partial charge on any atom is -0.207 e. The van der Waals surface area contributed by atoms with Crippen molar-refractivity contribution in [3.63, 3.8) is 0 Å². The van der Waals surface area contributed by atoms with Crippen LogP contribution in [0.4, 0.5) is 0 Å². The summed E-state index contributed by atoms with van der Waals surface area (Å²) < 4.78 is 27.7. The highest BCUT2D eigenvalue weighted by Gasteiger charge is 2.64. The van der Waals surface area contributed by atoms with Gasteiger partial charge in [0.2, 0.25) is 10.0 Å². The number of nitrogens with zero attached hydrogens (tertiary/aromatic N) is 4. The van der Waals surface area contributed by atoms with Gasteiger partial charge in [-0.2, -0.15) is 4.31 Å². The molecule has 1 aliphatic carbocycles. The molecule has 1 saturated heterocycles. The van der Waals surface area contributed by atoms with E-state index in [9.17, 15) is 8.42 Å². The van der Waals surface area contributed by atoms with Crippen LogP contribution in [0.15, 0.2) is 34.3 Å². The summed E-state index contributed by atoms with van der Waals surface area (Å²) in [7, 11) is -3.48. The Labute approximate surface area is 143 Å². The second kappa shape index (κ2) is 6.39. The molecule has 1 spiro atoms. The van der Waals surface area contributed by atoms with Crippen molar-refractivity contribution in [3.8, 4) is 0 Å². The molecular weight excluding hydrogens is 324 g/mol. The van der Waals surface area contributed by atoms with Crippen molar-refractivity contribution in [1.82, 2.24) is 4.31 Å². The number of azide groups is 1. The van der Waals surface area contributed by atoms with E-state index < -0.39 is 10.0 Å². The van der Waals surface area contributed by atoms with Gasteiger partial charge in [0.25, 0.3) is 0 Å². The van der Waals surface area contributed by atoms with E-state index in [1.807, 2.05) is 26.0 Å². The van der Waals surface area contributed by atoms with Gasteiger partial charge in [0.1, 0.15) is 0 Å². The third kappa shape index (κ3) is 2.81. The maximum Gasteiger partial charge on any atom is 0.243 e. The van der Waals surface area contributed by atoms with E-state index in [1.54, 1.807) is 16.4 Å². The first-order chi connectivity index (χ1) is 11.5. The molecule has 3 rings (SSSR count). The smallest absolute Gasteiger partial charge is 0.207 e. The maximum absolute atomic E-state index is 13.0. The number of benzene rings is 1. The van der Waals surface area contributed by atoms with Gasteiger partial charge in [-0.3, -0.25) is 0 Å². The predicted octanol–water partition coefficient (Wildman–Crippen LogP) is 4.02. The highest BCUT2D eigenvalue weighted by Crippen LogP contribution is 2.53. The Balaban J connectivity index is 1.91. The van der Waals surface area contributed by atoms with Gasteiger partial charge in [-0.1, -0.05) is 42.6 Å². The minimum absolute atomic E-state index is 0.118. The van der Waals surface area contributed by atoms with Gasteiger partial charge in [-0.15, -0.1) is 0 Å². The zero-order valence-electron chi connectivity index (χ0n) is 14.2. The van der Waals surface area contributed by atoms with Crippen LogP contribution in [0.25, 0.3) is 10.4 Å². The SMILES string of the molecule is CCC(N=[N+]=[N-])C1CCCCC12CN2S(=O)(=O)c1ccc(C)cc1. The van der Waals surface area contributed by atoms with Crippen molar-refractivity contribution in [1.29, 1.82) is 0 Å². The maximum atomic E-state index is 13.0. The van der Waals surface area contributed by atoms with Gasteiger partial charge < -0.3 is 0 Å². The Morgan fingerprint density at radius 2 is 2.08 bits per heavy atom. The third-order valence-electron chi connectivity index (χ3n) is 5.57. The molecule has 0 bridgehead atoms. The normalized spacial score (nSPS) is 30.6. The van der Waals surface area contributed by atoms with Crippen LogP contribution in [0.1, 0.15) is 44.6 Å². The molecule has 7 heteroatoms. The fraction of sp³-hybridized carbons (Fsp3) is 0.647. The number of aryl methyl sites for hydroxylation is 1. The fourth-order valence-corrected chi connectivity index (χ4v) is 6.03. The topological polar surface area (TPSA) is 85.9 Å². The number of rotatable bonds is 5. The molecule has 2 fully saturated rings. The molecule has 1 aromatic rings. The first-order valence-corrected chi connectivity index (χ1v) is 10.0. The number of sulfonamides is 1. The van der Waals surface area contributed by atoms with Crippen LogP contribution in [0.2, 0.25) is 0 Å². The second-order valence-corrected chi connectivity index (χ2v) is 8.82. The van der Waals surface area contributed by atoms with Gasteiger partial charge in [-0.05, 0) is 49.8 Å². The summed E-state index contributed by atoms with van der Waals surface area (Å²) in [5.74, 6) is 0.118. The van der Waals surface area contributed by atoms with Crippen LogP contribution in [-0.2, 0) is 10.0 Å². The van der Waals surface area contributed by atoms with E-state index in [0.717, 1.165) is 37.7 Å². The molecular formula is C17H24N4O2S. The third-order valence-corrected chi connectivity index (χ3v) is 7.51. The summed E-state index contributed by atoms with van der Waals surface area (Å²) in [5.41, 5.74) is 9.54.